The summed E-state index contributed by atoms with van der Waals surface area (Å²) in [7, 11) is 0. The summed E-state index contributed by atoms with van der Waals surface area (Å²) < 4.78 is 0. The fourth-order valence-corrected chi connectivity index (χ4v) is 3.75. The number of hydrogen-bond donors (Lipinski definition) is 1. The zero-order chi connectivity index (χ0) is 16.2. The number of carbonyl (C=O) groups is 1. The van der Waals surface area contributed by atoms with Crippen LogP contribution in [0.1, 0.15) is 17.7 Å². The van der Waals surface area contributed by atoms with Crippen molar-refractivity contribution in [3.63, 3.8) is 0 Å². The Bertz CT molecular complexity index is 725. The minimum Gasteiger partial charge on any atom is -0.391 e. The molecule has 0 saturated carbocycles. The van der Waals surface area contributed by atoms with Crippen molar-refractivity contribution in [3.8, 4) is 10.4 Å². The van der Waals surface area contributed by atoms with Crippen LogP contribution in [0.3, 0.4) is 0 Å². The SMILES string of the molecule is O=C(C=Cc1ccc(-c2cccc(Cl)c2)s1)N1CCCC(O)C1. The lowest BCUT2D eigenvalue weighted by molar-refractivity contribution is -0.128. The van der Waals surface area contributed by atoms with E-state index in [4.69, 9.17) is 11.6 Å². The molecule has 1 aliphatic heterocycles. The van der Waals surface area contributed by atoms with Gasteiger partial charge >= 0.3 is 0 Å². The Balaban J connectivity index is 1.67. The normalized spacial score (nSPS) is 18.5. The molecule has 0 bridgehead atoms. The number of benzene rings is 1. The van der Waals surface area contributed by atoms with E-state index < -0.39 is 6.10 Å². The molecule has 120 valence electrons. The Morgan fingerprint density at radius 1 is 1.35 bits per heavy atom. The molecule has 3 nitrogen and oxygen atoms in total. The third-order valence-corrected chi connectivity index (χ3v) is 5.17. The Kier molecular flexibility index (Phi) is 5.16. The Hall–Kier alpha value is -1.62. The summed E-state index contributed by atoms with van der Waals surface area (Å²) in [6.45, 7) is 1.15. The van der Waals surface area contributed by atoms with Crippen molar-refractivity contribution in [2.75, 3.05) is 13.1 Å². The second kappa shape index (κ2) is 7.30. The molecule has 5 heteroatoms. The predicted octanol–water partition coefficient (Wildman–Crippen LogP) is 4.07. The molecule has 1 aliphatic rings. The molecule has 1 saturated heterocycles. The van der Waals surface area contributed by atoms with E-state index in [-0.39, 0.29) is 5.91 Å². The van der Waals surface area contributed by atoms with Crippen LogP contribution >= 0.6 is 22.9 Å². The zero-order valence-corrected chi connectivity index (χ0v) is 14.2. The van der Waals surface area contributed by atoms with Crippen LogP contribution in [0.4, 0.5) is 0 Å². The maximum absolute atomic E-state index is 12.2. The van der Waals surface area contributed by atoms with Gasteiger partial charge in [-0.2, -0.15) is 0 Å². The number of rotatable bonds is 3. The van der Waals surface area contributed by atoms with Crippen molar-refractivity contribution in [2.45, 2.75) is 18.9 Å². The first-order valence-corrected chi connectivity index (χ1v) is 8.82. The minimum atomic E-state index is -0.391. The lowest BCUT2D eigenvalue weighted by atomic mass is 10.1. The van der Waals surface area contributed by atoms with Crippen LogP contribution in [0, 0.1) is 0 Å². The quantitative estimate of drug-likeness (QED) is 0.850. The summed E-state index contributed by atoms with van der Waals surface area (Å²) in [6, 6.07) is 11.8. The van der Waals surface area contributed by atoms with Gasteiger partial charge in [0.1, 0.15) is 0 Å². The Morgan fingerprint density at radius 3 is 3.00 bits per heavy atom. The number of likely N-dealkylation sites (tertiary alicyclic amines) is 1. The zero-order valence-electron chi connectivity index (χ0n) is 12.6. The van der Waals surface area contributed by atoms with Crippen LogP contribution in [-0.4, -0.2) is 35.1 Å². The number of β-amino-alcohol motifs (C(OH)–C–C–N with tert-alkyl or cyclic N) is 1. The third kappa shape index (κ3) is 4.22. The Labute approximate surface area is 144 Å². The Morgan fingerprint density at radius 2 is 2.22 bits per heavy atom. The van der Waals surface area contributed by atoms with Gasteiger partial charge in [-0.1, -0.05) is 23.7 Å². The van der Waals surface area contributed by atoms with Gasteiger partial charge in [-0.3, -0.25) is 4.79 Å². The maximum atomic E-state index is 12.2. The van der Waals surface area contributed by atoms with Crippen molar-refractivity contribution in [3.05, 3.63) is 52.4 Å². The molecule has 3 rings (SSSR count). The van der Waals surface area contributed by atoms with E-state index in [9.17, 15) is 9.90 Å². The number of amides is 1. The van der Waals surface area contributed by atoms with E-state index in [2.05, 4.69) is 0 Å². The van der Waals surface area contributed by atoms with Gasteiger partial charge in [-0.25, -0.2) is 0 Å². The topological polar surface area (TPSA) is 40.5 Å². The first-order chi connectivity index (χ1) is 11.1. The smallest absolute Gasteiger partial charge is 0.246 e. The lowest BCUT2D eigenvalue weighted by Gasteiger charge is -2.29. The van der Waals surface area contributed by atoms with Crippen LogP contribution in [0.2, 0.25) is 5.02 Å². The molecule has 1 N–H and O–H groups in total. The van der Waals surface area contributed by atoms with Crippen molar-refractivity contribution in [1.82, 2.24) is 4.90 Å². The summed E-state index contributed by atoms with van der Waals surface area (Å²) in [6.07, 6.45) is 4.67. The summed E-state index contributed by atoms with van der Waals surface area (Å²) in [5.74, 6) is -0.0403. The molecule has 0 radical (unpaired) electrons. The molecule has 2 heterocycles. The minimum absolute atomic E-state index is 0.0403. The van der Waals surface area contributed by atoms with Crippen molar-refractivity contribution >= 4 is 34.9 Å². The molecule has 1 aromatic carbocycles. The van der Waals surface area contributed by atoms with Crippen molar-refractivity contribution in [1.29, 1.82) is 0 Å². The average molecular weight is 348 g/mol. The summed E-state index contributed by atoms with van der Waals surface area (Å²) in [5, 5.41) is 10.4. The highest BCUT2D eigenvalue weighted by atomic mass is 35.5. The first kappa shape index (κ1) is 16.2. The lowest BCUT2D eigenvalue weighted by Crippen LogP contribution is -2.41. The number of aliphatic hydroxyl groups is 1. The largest absolute Gasteiger partial charge is 0.391 e. The highest BCUT2D eigenvalue weighted by Gasteiger charge is 2.20. The third-order valence-electron chi connectivity index (χ3n) is 3.83. The standard InChI is InChI=1S/C18H18ClNO2S/c19-14-4-1-3-13(11-14)17-8-6-16(23-17)7-9-18(22)20-10-2-5-15(21)12-20/h1,3-4,6-9,11,15,21H,2,5,10,12H2. The van der Waals surface area contributed by atoms with Crippen LogP contribution in [0.5, 0.6) is 0 Å². The van der Waals surface area contributed by atoms with Crippen LogP contribution in [-0.2, 0) is 4.79 Å². The number of piperidine rings is 1. The number of nitrogens with zero attached hydrogens (tertiary/aromatic N) is 1. The number of aliphatic hydroxyl groups excluding tert-OH is 1. The predicted molar refractivity (Wildman–Crippen MR) is 95.6 cm³/mol. The highest BCUT2D eigenvalue weighted by Crippen LogP contribution is 2.30. The van der Waals surface area contributed by atoms with Crippen molar-refractivity contribution < 1.29 is 9.90 Å². The fourth-order valence-electron chi connectivity index (χ4n) is 2.65. The molecule has 0 spiro atoms. The van der Waals surface area contributed by atoms with E-state index in [1.54, 1.807) is 22.3 Å². The van der Waals surface area contributed by atoms with Gasteiger partial charge < -0.3 is 10.0 Å². The first-order valence-electron chi connectivity index (χ1n) is 7.62. The molecule has 2 aromatic rings. The van der Waals surface area contributed by atoms with E-state index >= 15 is 0 Å². The average Bonchev–Trinajstić information content (AvgIpc) is 3.01. The van der Waals surface area contributed by atoms with Gasteiger partial charge in [-0.15, -0.1) is 11.3 Å². The fraction of sp³-hybridized carbons (Fsp3) is 0.278. The number of halogens is 1. The molecule has 23 heavy (non-hydrogen) atoms. The molecular formula is C18H18ClNO2S. The van der Waals surface area contributed by atoms with Crippen molar-refractivity contribution in [2.24, 2.45) is 0 Å². The van der Waals surface area contributed by atoms with E-state index in [1.807, 2.05) is 42.5 Å². The highest BCUT2D eigenvalue weighted by molar-refractivity contribution is 7.16. The number of carbonyl (C=O) groups excluding carboxylic acids is 1. The molecule has 1 fully saturated rings. The number of thiophene rings is 1. The second-order valence-electron chi connectivity index (χ2n) is 5.63. The van der Waals surface area contributed by atoms with Crippen LogP contribution in [0.25, 0.3) is 16.5 Å². The van der Waals surface area contributed by atoms with Gasteiger partial charge in [0.25, 0.3) is 0 Å². The van der Waals surface area contributed by atoms with E-state index in [0.717, 1.165) is 34.7 Å². The maximum Gasteiger partial charge on any atom is 0.246 e. The van der Waals surface area contributed by atoms with Crippen LogP contribution < -0.4 is 0 Å². The molecular weight excluding hydrogens is 330 g/mol. The molecule has 1 amide bonds. The summed E-state index contributed by atoms with van der Waals surface area (Å²) in [4.78, 5) is 16.0. The van der Waals surface area contributed by atoms with E-state index in [1.165, 1.54) is 0 Å². The summed E-state index contributed by atoms with van der Waals surface area (Å²) >= 11 is 7.64. The summed E-state index contributed by atoms with van der Waals surface area (Å²) in [5.41, 5.74) is 1.08. The van der Waals surface area contributed by atoms with Gasteiger partial charge in [0.05, 0.1) is 6.10 Å². The molecule has 0 aliphatic carbocycles. The molecule has 1 aromatic heterocycles. The van der Waals surface area contributed by atoms with Crippen LogP contribution in [0.15, 0.2) is 42.5 Å². The van der Waals surface area contributed by atoms with Gasteiger partial charge in [0.15, 0.2) is 0 Å². The second-order valence-corrected chi connectivity index (χ2v) is 7.18. The molecule has 1 unspecified atom stereocenters. The number of hydrogen-bond acceptors (Lipinski definition) is 3. The monoisotopic (exact) mass is 347 g/mol. The van der Waals surface area contributed by atoms with Gasteiger partial charge in [0, 0.05) is 33.9 Å². The van der Waals surface area contributed by atoms with Gasteiger partial charge in [0.2, 0.25) is 5.91 Å². The van der Waals surface area contributed by atoms with Gasteiger partial charge in [-0.05, 0) is 48.7 Å². The van der Waals surface area contributed by atoms with E-state index in [0.29, 0.717) is 11.6 Å². The molecule has 1 atom stereocenters.